The quantitative estimate of drug-likeness (QED) is 0.529. The lowest BCUT2D eigenvalue weighted by Gasteiger charge is -2.23. The Morgan fingerprint density at radius 3 is 2.97 bits per heavy atom. The van der Waals surface area contributed by atoms with Crippen LogP contribution < -0.4 is 10.2 Å². The summed E-state index contributed by atoms with van der Waals surface area (Å²) in [6.45, 7) is 3.08. The Labute approximate surface area is 177 Å². The molecule has 0 spiro atoms. The minimum absolute atomic E-state index is 0.0330. The zero-order chi connectivity index (χ0) is 20.5. The average molecular weight is 420 g/mol. The number of nitrogens with zero attached hydrogens (tertiary/aromatic N) is 5. The molecule has 1 amide bonds. The minimum atomic E-state index is -0.215. The molecule has 3 aromatic heterocycles. The fourth-order valence-corrected chi connectivity index (χ4v) is 4.67. The van der Waals surface area contributed by atoms with Crippen LogP contribution in [0.1, 0.15) is 24.3 Å². The minimum Gasteiger partial charge on any atom is -0.421 e. The van der Waals surface area contributed by atoms with Crippen LogP contribution >= 0.6 is 11.3 Å². The van der Waals surface area contributed by atoms with Crippen molar-refractivity contribution >= 4 is 32.7 Å². The van der Waals surface area contributed by atoms with Gasteiger partial charge in [0.2, 0.25) is 17.7 Å². The molecular formula is C21H20N6O2S. The largest absolute Gasteiger partial charge is 0.421 e. The summed E-state index contributed by atoms with van der Waals surface area (Å²) in [6, 6.07) is 11.7. The molecule has 8 nitrogen and oxygen atoms in total. The third kappa shape index (κ3) is 3.63. The highest BCUT2D eigenvalue weighted by molar-refractivity contribution is 7.22. The standard InChI is InChI=1S/C21H20N6O2S/c1-13-25-26-20(29-13)15-10-17-18(22-12-15)24-21(30-17)27-9-5-8-16(27)19(28)23-11-14-6-3-2-4-7-14/h2-4,6-7,10,12,16H,5,8-9,11H2,1H3,(H,23,28)/t16-/m1/s1. The zero-order valence-corrected chi connectivity index (χ0v) is 17.2. The topological polar surface area (TPSA) is 97.0 Å². The summed E-state index contributed by atoms with van der Waals surface area (Å²) in [5.41, 5.74) is 2.51. The molecular weight excluding hydrogens is 400 g/mol. The predicted molar refractivity (Wildman–Crippen MR) is 114 cm³/mol. The molecule has 4 heterocycles. The lowest BCUT2D eigenvalue weighted by molar-refractivity contribution is -0.122. The van der Waals surface area contributed by atoms with Gasteiger partial charge in [0.05, 0.1) is 10.3 Å². The van der Waals surface area contributed by atoms with E-state index in [0.29, 0.717) is 24.0 Å². The molecule has 1 aliphatic heterocycles. The molecule has 0 bridgehead atoms. The molecule has 0 saturated carbocycles. The van der Waals surface area contributed by atoms with E-state index in [4.69, 9.17) is 4.42 Å². The van der Waals surface area contributed by atoms with E-state index in [1.807, 2.05) is 36.4 Å². The number of carbonyl (C=O) groups is 1. The maximum atomic E-state index is 12.8. The van der Waals surface area contributed by atoms with Crippen LogP contribution in [-0.4, -0.2) is 38.7 Å². The van der Waals surface area contributed by atoms with Gasteiger partial charge in [-0.3, -0.25) is 4.79 Å². The summed E-state index contributed by atoms with van der Waals surface area (Å²) < 4.78 is 6.42. The number of pyridine rings is 1. The molecule has 1 aromatic carbocycles. The van der Waals surface area contributed by atoms with Gasteiger partial charge in [-0.05, 0) is 24.5 Å². The Balaban J connectivity index is 1.35. The lowest BCUT2D eigenvalue weighted by atomic mass is 10.2. The Kier molecular flexibility index (Phi) is 4.88. The van der Waals surface area contributed by atoms with Gasteiger partial charge < -0.3 is 14.6 Å². The maximum absolute atomic E-state index is 12.8. The predicted octanol–water partition coefficient (Wildman–Crippen LogP) is 3.33. The highest BCUT2D eigenvalue weighted by atomic mass is 32.1. The van der Waals surface area contributed by atoms with Gasteiger partial charge in [0.25, 0.3) is 0 Å². The van der Waals surface area contributed by atoms with E-state index in [-0.39, 0.29) is 11.9 Å². The van der Waals surface area contributed by atoms with Crippen LogP contribution in [0.2, 0.25) is 0 Å². The number of hydrogen-bond acceptors (Lipinski definition) is 8. The smallest absolute Gasteiger partial charge is 0.249 e. The number of benzene rings is 1. The number of amides is 1. The molecule has 1 aliphatic rings. The first-order chi connectivity index (χ1) is 14.7. The van der Waals surface area contributed by atoms with E-state index >= 15 is 0 Å². The summed E-state index contributed by atoms with van der Waals surface area (Å²) in [7, 11) is 0. The van der Waals surface area contributed by atoms with Crippen molar-refractivity contribution in [2.45, 2.75) is 32.4 Å². The molecule has 1 atom stereocenters. The van der Waals surface area contributed by atoms with Gasteiger partial charge in [-0.2, -0.15) is 4.98 Å². The monoisotopic (exact) mass is 420 g/mol. The van der Waals surface area contributed by atoms with E-state index in [0.717, 1.165) is 40.3 Å². The maximum Gasteiger partial charge on any atom is 0.249 e. The molecule has 1 N–H and O–H groups in total. The molecule has 1 fully saturated rings. The van der Waals surface area contributed by atoms with Gasteiger partial charge in [-0.15, -0.1) is 10.2 Å². The van der Waals surface area contributed by atoms with Crippen LogP contribution in [-0.2, 0) is 11.3 Å². The zero-order valence-electron chi connectivity index (χ0n) is 16.4. The summed E-state index contributed by atoms with van der Waals surface area (Å²) in [5.74, 6) is 0.985. The molecule has 1 saturated heterocycles. The van der Waals surface area contributed by atoms with E-state index in [2.05, 4.69) is 30.4 Å². The highest BCUT2D eigenvalue weighted by Gasteiger charge is 2.32. The van der Waals surface area contributed by atoms with Gasteiger partial charge in [0, 0.05) is 26.2 Å². The number of fused-ring (bicyclic) bond motifs is 1. The molecule has 9 heteroatoms. The third-order valence-electron chi connectivity index (χ3n) is 5.12. The number of thiazole rings is 1. The Hall–Kier alpha value is -3.33. The average Bonchev–Trinajstić information content (AvgIpc) is 3.50. The lowest BCUT2D eigenvalue weighted by Crippen LogP contribution is -2.43. The van der Waals surface area contributed by atoms with Crippen molar-refractivity contribution in [3.05, 3.63) is 54.0 Å². The molecule has 0 aliphatic carbocycles. The van der Waals surface area contributed by atoms with Crippen molar-refractivity contribution < 1.29 is 9.21 Å². The molecule has 4 aromatic rings. The van der Waals surface area contributed by atoms with Crippen molar-refractivity contribution in [2.24, 2.45) is 0 Å². The highest BCUT2D eigenvalue weighted by Crippen LogP contribution is 2.34. The SMILES string of the molecule is Cc1nnc(-c2cnc3nc(N4CCC[C@@H]4C(=O)NCc4ccccc4)sc3c2)o1. The van der Waals surface area contributed by atoms with Crippen molar-refractivity contribution in [3.63, 3.8) is 0 Å². The fourth-order valence-electron chi connectivity index (χ4n) is 3.63. The van der Waals surface area contributed by atoms with Crippen molar-refractivity contribution in [3.8, 4) is 11.5 Å². The first-order valence-corrected chi connectivity index (χ1v) is 10.6. The second-order valence-electron chi connectivity index (χ2n) is 7.22. The van der Waals surface area contributed by atoms with E-state index in [9.17, 15) is 4.79 Å². The first kappa shape index (κ1) is 18.7. The summed E-state index contributed by atoms with van der Waals surface area (Å²) >= 11 is 1.53. The molecule has 152 valence electrons. The number of aryl methyl sites for hydroxylation is 1. The Bertz CT molecular complexity index is 1190. The van der Waals surface area contributed by atoms with E-state index in [1.165, 1.54) is 11.3 Å². The third-order valence-corrected chi connectivity index (χ3v) is 6.15. The molecule has 0 unspecified atom stereocenters. The number of anilines is 1. The van der Waals surface area contributed by atoms with Crippen LogP contribution in [0.15, 0.2) is 47.0 Å². The van der Waals surface area contributed by atoms with E-state index in [1.54, 1.807) is 13.1 Å². The van der Waals surface area contributed by atoms with Crippen molar-refractivity contribution in [2.75, 3.05) is 11.4 Å². The van der Waals surface area contributed by atoms with Crippen LogP contribution in [0.5, 0.6) is 0 Å². The number of rotatable bonds is 5. The van der Waals surface area contributed by atoms with Crippen molar-refractivity contribution in [1.82, 2.24) is 25.5 Å². The number of nitrogens with one attached hydrogen (secondary N) is 1. The van der Waals surface area contributed by atoms with Crippen LogP contribution in [0.25, 0.3) is 21.8 Å². The summed E-state index contributed by atoms with van der Waals surface area (Å²) in [4.78, 5) is 24.0. The van der Waals surface area contributed by atoms with Gasteiger partial charge in [0.15, 0.2) is 10.8 Å². The number of hydrogen-bond donors (Lipinski definition) is 1. The Morgan fingerprint density at radius 1 is 1.30 bits per heavy atom. The van der Waals surface area contributed by atoms with Crippen LogP contribution in [0, 0.1) is 6.92 Å². The number of carbonyl (C=O) groups excluding carboxylic acids is 1. The van der Waals surface area contributed by atoms with Gasteiger partial charge in [-0.1, -0.05) is 41.7 Å². The normalized spacial score (nSPS) is 16.3. The Morgan fingerprint density at radius 2 is 2.17 bits per heavy atom. The van der Waals surface area contributed by atoms with E-state index < -0.39 is 0 Å². The number of aromatic nitrogens is 4. The van der Waals surface area contributed by atoms with Gasteiger partial charge in [-0.25, -0.2) is 4.98 Å². The molecule has 5 rings (SSSR count). The second kappa shape index (κ2) is 7.83. The van der Waals surface area contributed by atoms with Gasteiger partial charge >= 0.3 is 0 Å². The fraction of sp³-hybridized carbons (Fsp3) is 0.286. The summed E-state index contributed by atoms with van der Waals surface area (Å²) in [6.07, 6.45) is 3.46. The first-order valence-electron chi connectivity index (χ1n) is 9.83. The van der Waals surface area contributed by atoms with Gasteiger partial charge in [0.1, 0.15) is 6.04 Å². The molecule has 30 heavy (non-hydrogen) atoms. The second-order valence-corrected chi connectivity index (χ2v) is 8.23. The molecule has 0 radical (unpaired) electrons. The van der Waals surface area contributed by atoms with Crippen LogP contribution in [0.3, 0.4) is 0 Å². The van der Waals surface area contributed by atoms with Crippen LogP contribution in [0.4, 0.5) is 5.13 Å². The van der Waals surface area contributed by atoms with Crippen molar-refractivity contribution in [1.29, 1.82) is 0 Å². The summed E-state index contributed by atoms with van der Waals surface area (Å²) in [5, 5.41) is 11.8.